The molecule has 0 aliphatic carbocycles. The standard InChI is InChI=1S/C15H13F5N2O2/c1-10(11-5-3-2-4-6-11)22-9-21-7-12(22)13(23)24-8-14(16,17)15(18,19)20/h2-7,9-10H,8H2,1H3. The van der Waals surface area contributed by atoms with Gasteiger partial charge in [-0.15, -0.1) is 0 Å². The maximum atomic E-state index is 12.8. The molecule has 0 amide bonds. The summed E-state index contributed by atoms with van der Waals surface area (Å²) in [5.74, 6) is -6.42. The van der Waals surface area contributed by atoms with Gasteiger partial charge < -0.3 is 9.30 Å². The molecule has 2 aromatic rings. The number of hydrogen-bond donors (Lipinski definition) is 0. The highest BCUT2D eigenvalue weighted by molar-refractivity contribution is 5.87. The minimum atomic E-state index is -5.79. The molecule has 0 fully saturated rings. The molecule has 1 atom stereocenters. The molecule has 0 radical (unpaired) electrons. The van der Waals surface area contributed by atoms with Gasteiger partial charge in [0.1, 0.15) is 5.69 Å². The number of ether oxygens (including phenoxy) is 1. The van der Waals surface area contributed by atoms with Crippen LogP contribution in [0.5, 0.6) is 0 Å². The van der Waals surface area contributed by atoms with Crippen LogP contribution in [0.15, 0.2) is 42.9 Å². The predicted molar refractivity (Wildman–Crippen MR) is 73.8 cm³/mol. The summed E-state index contributed by atoms with van der Waals surface area (Å²) in [6.45, 7) is -0.363. The van der Waals surface area contributed by atoms with E-state index in [4.69, 9.17) is 0 Å². The third-order valence-corrected chi connectivity index (χ3v) is 3.37. The van der Waals surface area contributed by atoms with Gasteiger partial charge in [-0.3, -0.25) is 0 Å². The predicted octanol–water partition coefficient (Wildman–Crippen LogP) is 3.85. The maximum absolute atomic E-state index is 12.8. The van der Waals surface area contributed by atoms with Crippen molar-refractivity contribution in [1.82, 2.24) is 9.55 Å². The Hall–Kier alpha value is -2.45. The van der Waals surface area contributed by atoms with Gasteiger partial charge in [0.25, 0.3) is 0 Å². The first kappa shape index (κ1) is 17.9. The van der Waals surface area contributed by atoms with Gasteiger partial charge in [-0.05, 0) is 12.5 Å². The highest BCUT2D eigenvalue weighted by Crippen LogP contribution is 2.35. The average Bonchev–Trinajstić information content (AvgIpc) is 3.01. The van der Waals surface area contributed by atoms with Crippen LogP contribution in [0.25, 0.3) is 0 Å². The molecule has 1 aromatic heterocycles. The quantitative estimate of drug-likeness (QED) is 0.609. The van der Waals surface area contributed by atoms with Crippen LogP contribution in [0.4, 0.5) is 22.0 Å². The Kier molecular flexibility index (Phi) is 4.91. The Labute approximate surface area is 133 Å². The molecule has 1 unspecified atom stereocenters. The normalized spacial score (nSPS) is 13.6. The molecule has 0 N–H and O–H groups in total. The van der Waals surface area contributed by atoms with Gasteiger partial charge in [0.2, 0.25) is 0 Å². The van der Waals surface area contributed by atoms with Crippen molar-refractivity contribution in [2.75, 3.05) is 6.61 Å². The molecule has 1 aromatic carbocycles. The van der Waals surface area contributed by atoms with Crippen molar-refractivity contribution in [3.63, 3.8) is 0 Å². The summed E-state index contributed by atoms with van der Waals surface area (Å²) in [4.78, 5) is 15.6. The summed E-state index contributed by atoms with van der Waals surface area (Å²) >= 11 is 0. The van der Waals surface area contributed by atoms with Crippen molar-refractivity contribution in [2.24, 2.45) is 0 Å². The van der Waals surface area contributed by atoms with E-state index >= 15 is 0 Å². The summed E-state index contributed by atoms with van der Waals surface area (Å²) in [6, 6.07) is 8.49. The van der Waals surface area contributed by atoms with Crippen molar-refractivity contribution < 1.29 is 31.5 Å². The maximum Gasteiger partial charge on any atom is 0.456 e. The molecule has 1 heterocycles. The van der Waals surface area contributed by atoms with Crippen LogP contribution >= 0.6 is 0 Å². The number of carbonyl (C=O) groups excluding carboxylic acids is 1. The lowest BCUT2D eigenvalue weighted by atomic mass is 10.1. The van der Waals surface area contributed by atoms with Crippen molar-refractivity contribution >= 4 is 5.97 Å². The lowest BCUT2D eigenvalue weighted by molar-refractivity contribution is -0.292. The van der Waals surface area contributed by atoms with Crippen molar-refractivity contribution in [3.8, 4) is 0 Å². The molecule has 0 aliphatic heterocycles. The second kappa shape index (κ2) is 6.58. The number of halogens is 5. The number of alkyl halides is 5. The summed E-state index contributed by atoms with van der Waals surface area (Å²) in [5, 5.41) is 0. The van der Waals surface area contributed by atoms with E-state index in [1.807, 2.05) is 0 Å². The van der Waals surface area contributed by atoms with Crippen LogP contribution < -0.4 is 0 Å². The van der Waals surface area contributed by atoms with Crippen LogP contribution in [0.1, 0.15) is 29.0 Å². The zero-order valence-corrected chi connectivity index (χ0v) is 12.4. The van der Waals surface area contributed by atoms with Gasteiger partial charge >= 0.3 is 18.1 Å². The molecule has 2 rings (SSSR count). The SMILES string of the molecule is CC(c1ccccc1)n1cncc1C(=O)OCC(F)(F)C(F)(F)F. The number of esters is 1. The first-order chi connectivity index (χ1) is 11.1. The Bertz CT molecular complexity index is 697. The molecular formula is C15H13F5N2O2. The number of hydrogen-bond acceptors (Lipinski definition) is 3. The first-order valence-electron chi connectivity index (χ1n) is 6.82. The highest BCUT2D eigenvalue weighted by Gasteiger charge is 2.58. The summed E-state index contributed by atoms with van der Waals surface area (Å²) in [7, 11) is 0. The van der Waals surface area contributed by atoms with Gasteiger partial charge in [0.05, 0.1) is 18.6 Å². The van der Waals surface area contributed by atoms with E-state index in [0.29, 0.717) is 0 Å². The average molecular weight is 348 g/mol. The summed E-state index contributed by atoms with van der Waals surface area (Å²) in [5.41, 5.74) is 0.578. The Balaban J connectivity index is 2.14. The van der Waals surface area contributed by atoms with Crippen molar-refractivity contribution in [1.29, 1.82) is 0 Å². The third kappa shape index (κ3) is 3.72. The largest absolute Gasteiger partial charge is 0.456 e. The fourth-order valence-corrected chi connectivity index (χ4v) is 1.98. The van der Waals surface area contributed by atoms with Crippen LogP contribution in [0.2, 0.25) is 0 Å². The Morgan fingerprint density at radius 2 is 1.83 bits per heavy atom. The number of rotatable bonds is 5. The van der Waals surface area contributed by atoms with E-state index < -0.39 is 24.7 Å². The zero-order chi connectivity index (χ0) is 18.0. The molecule has 0 spiro atoms. The van der Waals surface area contributed by atoms with Crippen LogP contribution in [-0.4, -0.2) is 34.2 Å². The smallest absolute Gasteiger partial charge is 0.454 e. The lowest BCUT2D eigenvalue weighted by Crippen LogP contribution is -2.41. The van der Waals surface area contributed by atoms with Crippen LogP contribution in [0, 0.1) is 0 Å². The van der Waals surface area contributed by atoms with Crippen molar-refractivity contribution in [3.05, 3.63) is 54.1 Å². The van der Waals surface area contributed by atoms with Crippen LogP contribution in [0.3, 0.4) is 0 Å². The monoisotopic (exact) mass is 348 g/mol. The molecule has 0 bridgehead atoms. The summed E-state index contributed by atoms with van der Waals surface area (Å²) < 4.78 is 67.4. The molecule has 0 aliphatic rings. The van der Waals surface area contributed by atoms with Crippen molar-refractivity contribution in [2.45, 2.75) is 25.1 Å². The molecular weight excluding hydrogens is 335 g/mol. The van der Waals surface area contributed by atoms with E-state index in [-0.39, 0.29) is 11.7 Å². The Morgan fingerprint density at radius 3 is 2.42 bits per heavy atom. The fraction of sp³-hybridized carbons (Fsp3) is 0.333. The van der Waals surface area contributed by atoms with E-state index in [9.17, 15) is 26.7 Å². The van der Waals surface area contributed by atoms with Gasteiger partial charge in [0, 0.05) is 0 Å². The molecule has 4 nitrogen and oxygen atoms in total. The lowest BCUT2D eigenvalue weighted by Gasteiger charge is -2.20. The van der Waals surface area contributed by atoms with E-state index in [0.717, 1.165) is 11.8 Å². The minimum absolute atomic E-state index is 0.218. The van der Waals surface area contributed by atoms with Crippen LogP contribution in [-0.2, 0) is 4.74 Å². The molecule has 9 heteroatoms. The van der Waals surface area contributed by atoms with E-state index in [2.05, 4.69) is 9.72 Å². The second-order valence-electron chi connectivity index (χ2n) is 5.05. The highest BCUT2D eigenvalue weighted by atomic mass is 19.4. The number of nitrogens with zero attached hydrogens (tertiary/aromatic N) is 2. The molecule has 24 heavy (non-hydrogen) atoms. The van der Waals surface area contributed by atoms with Gasteiger partial charge in [-0.1, -0.05) is 30.3 Å². The fourth-order valence-electron chi connectivity index (χ4n) is 1.98. The number of aromatic nitrogens is 2. The van der Waals surface area contributed by atoms with E-state index in [1.54, 1.807) is 37.3 Å². The third-order valence-electron chi connectivity index (χ3n) is 3.37. The topological polar surface area (TPSA) is 44.1 Å². The van der Waals surface area contributed by atoms with Gasteiger partial charge in [-0.25, -0.2) is 9.78 Å². The van der Waals surface area contributed by atoms with E-state index in [1.165, 1.54) is 10.9 Å². The number of benzene rings is 1. The second-order valence-corrected chi connectivity index (χ2v) is 5.05. The molecule has 130 valence electrons. The first-order valence-corrected chi connectivity index (χ1v) is 6.82. The van der Waals surface area contributed by atoms with Gasteiger partial charge in [0.15, 0.2) is 6.61 Å². The zero-order valence-electron chi connectivity index (χ0n) is 12.4. The number of carbonyl (C=O) groups is 1. The Morgan fingerprint density at radius 1 is 1.21 bits per heavy atom. The minimum Gasteiger partial charge on any atom is -0.454 e. The number of imidazole rings is 1. The van der Waals surface area contributed by atoms with Gasteiger partial charge in [-0.2, -0.15) is 22.0 Å². The summed E-state index contributed by atoms with van der Waals surface area (Å²) in [6.07, 6.45) is -3.46. The molecule has 0 saturated heterocycles. The molecule has 0 saturated carbocycles.